The first-order valence-corrected chi connectivity index (χ1v) is 14.8. The SMILES string of the molecule is COC(=O)c1ccc2c(c1)C1(CCS(=O)(=O)CC1)C(C1CC1)N2S(=O)(=O)c1ccc(OC(F)F)cc1. The highest BCUT2D eigenvalue weighted by Gasteiger charge is 2.60. The van der Waals surface area contributed by atoms with Crippen molar-refractivity contribution in [3.8, 4) is 5.75 Å². The number of carbonyl (C=O) groups is 1. The summed E-state index contributed by atoms with van der Waals surface area (Å²) in [6.07, 6.45) is 2.07. The van der Waals surface area contributed by atoms with Crippen molar-refractivity contribution in [2.45, 2.75) is 48.6 Å². The molecule has 12 heteroatoms. The fraction of sp³-hybridized carbons (Fsp3) is 0.458. The van der Waals surface area contributed by atoms with E-state index in [1.165, 1.54) is 41.7 Å². The van der Waals surface area contributed by atoms with Crippen molar-refractivity contribution >= 4 is 31.5 Å². The van der Waals surface area contributed by atoms with E-state index < -0.39 is 43.9 Å². The second kappa shape index (κ2) is 8.69. The van der Waals surface area contributed by atoms with Gasteiger partial charge in [0.25, 0.3) is 10.0 Å². The number of sulfone groups is 1. The number of halogens is 2. The molecule has 0 amide bonds. The third-order valence-electron chi connectivity index (χ3n) is 7.40. The van der Waals surface area contributed by atoms with Gasteiger partial charge in [-0.3, -0.25) is 4.31 Å². The van der Waals surface area contributed by atoms with E-state index in [2.05, 4.69) is 4.74 Å². The molecular formula is C24H25F2NO7S2. The summed E-state index contributed by atoms with van der Waals surface area (Å²) in [6.45, 7) is -3.04. The summed E-state index contributed by atoms with van der Waals surface area (Å²) in [5.74, 6) is -0.871. The van der Waals surface area contributed by atoms with Crippen molar-refractivity contribution in [2.24, 2.45) is 5.92 Å². The van der Waals surface area contributed by atoms with E-state index in [4.69, 9.17) is 4.74 Å². The Kier molecular flexibility index (Phi) is 6.02. The molecule has 2 aromatic rings. The highest BCUT2D eigenvalue weighted by molar-refractivity contribution is 7.93. The van der Waals surface area contributed by atoms with Crippen molar-refractivity contribution in [1.82, 2.24) is 0 Å². The molecule has 2 aromatic carbocycles. The topological polar surface area (TPSA) is 107 Å². The van der Waals surface area contributed by atoms with Crippen LogP contribution in [0.4, 0.5) is 14.5 Å². The summed E-state index contributed by atoms with van der Waals surface area (Å²) in [6, 6.07) is 8.94. The van der Waals surface area contributed by atoms with E-state index >= 15 is 0 Å². The van der Waals surface area contributed by atoms with Crippen LogP contribution in [0.3, 0.4) is 0 Å². The number of benzene rings is 2. The maximum atomic E-state index is 14.0. The van der Waals surface area contributed by atoms with Gasteiger partial charge in [0, 0.05) is 5.41 Å². The number of methoxy groups -OCH3 is 1. The van der Waals surface area contributed by atoms with Crippen LogP contribution >= 0.6 is 0 Å². The molecule has 1 saturated heterocycles. The minimum atomic E-state index is -4.17. The lowest BCUT2D eigenvalue weighted by molar-refractivity contribution is -0.0498. The zero-order valence-electron chi connectivity index (χ0n) is 19.4. The van der Waals surface area contributed by atoms with E-state index in [0.717, 1.165) is 12.8 Å². The van der Waals surface area contributed by atoms with Gasteiger partial charge < -0.3 is 9.47 Å². The van der Waals surface area contributed by atoms with Gasteiger partial charge in [0.05, 0.1) is 40.8 Å². The average molecular weight is 542 g/mol. The molecule has 1 atom stereocenters. The molecule has 1 aliphatic carbocycles. The van der Waals surface area contributed by atoms with Gasteiger partial charge >= 0.3 is 12.6 Å². The fourth-order valence-corrected chi connectivity index (χ4v) is 8.97. The van der Waals surface area contributed by atoms with E-state index in [9.17, 15) is 30.4 Å². The molecule has 3 aliphatic rings. The van der Waals surface area contributed by atoms with Crippen molar-refractivity contribution in [3.05, 3.63) is 53.6 Å². The van der Waals surface area contributed by atoms with Crippen LogP contribution in [0.2, 0.25) is 0 Å². The Balaban J connectivity index is 1.65. The van der Waals surface area contributed by atoms with Crippen LogP contribution in [0.5, 0.6) is 5.75 Å². The third kappa shape index (κ3) is 4.13. The van der Waals surface area contributed by atoms with Gasteiger partial charge in [-0.1, -0.05) is 0 Å². The summed E-state index contributed by atoms with van der Waals surface area (Å²) in [7, 11) is -6.18. The predicted molar refractivity (Wildman–Crippen MR) is 127 cm³/mol. The highest BCUT2D eigenvalue weighted by atomic mass is 32.2. The fourth-order valence-electron chi connectivity index (χ4n) is 5.61. The van der Waals surface area contributed by atoms with Gasteiger partial charge in [0.1, 0.15) is 15.6 Å². The first kappa shape index (κ1) is 24.9. The number of hydrogen-bond acceptors (Lipinski definition) is 7. The van der Waals surface area contributed by atoms with E-state index in [1.807, 2.05) is 0 Å². The van der Waals surface area contributed by atoms with Crippen LogP contribution in [0.1, 0.15) is 41.6 Å². The maximum Gasteiger partial charge on any atom is 0.387 e. The van der Waals surface area contributed by atoms with E-state index in [-0.39, 0.29) is 46.5 Å². The van der Waals surface area contributed by atoms with E-state index in [1.54, 1.807) is 12.1 Å². The Labute approximate surface area is 208 Å². The predicted octanol–water partition coefficient (Wildman–Crippen LogP) is 3.51. The number of sulfonamides is 1. The molecule has 1 saturated carbocycles. The van der Waals surface area contributed by atoms with Crippen molar-refractivity contribution < 1.29 is 39.9 Å². The lowest BCUT2D eigenvalue weighted by atomic mass is 9.70. The molecule has 0 radical (unpaired) electrons. The number of carbonyl (C=O) groups excluding carboxylic acids is 1. The molecule has 194 valence electrons. The van der Waals surface area contributed by atoms with Crippen LogP contribution in [0.25, 0.3) is 0 Å². The zero-order chi connectivity index (χ0) is 25.9. The number of alkyl halides is 2. The lowest BCUT2D eigenvalue weighted by Gasteiger charge is -2.41. The molecule has 2 heterocycles. The highest BCUT2D eigenvalue weighted by Crippen LogP contribution is 2.59. The van der Waals surface area contributed by atoms with Gasteiger partial charge in [-0.05, 0) is 79.6 Å². The first-order valence-electron chi connectivity index (χ1n) is 11.5. The van der Waals surface area contributed by atoms with Crippen molar-refractivity contribution in [2.75, 3.05) is 22.9 Å². The summed E-state index contributed by atoms with van der Waals surface area (Å²) in [5, 5.41) is 0. The normalized spacial score (nSPS) is 22.4. The number of esters is 1. The van der Waals surface area contributed by atoms with Crippen LogP contribution in [0, 0.1) is 5.92 Å². The van der Waals surface area contributed by atoms with Crippen LogP contribution in [-0.2, 0) is 30.0 Å². The summed E-state index contributed by atoms with van der Waals surface area (Å²) in [4.78, 5) is 12.2. The molecular weight excluding hydrogens is 516 g/mol. The quantitative estimate of drug-likeness (QED) is 0.515. The van der Waals surface area contributed by atoms with E-state index in [0.29, 0.717) is 11.3 Å². The number of ether oxygens (including phenoxy) is 2. The molecule has 2 aliphatic heterocycles. The molecule has 8 nitrogen and oxygen atoms in total. The number of nitrogens with zero attached hydrogens (tertiary/aromatic N) is 1. The molecule has 1 spiro atoms. The smallest absolute Gasteiger partial charge is 0.387 e. The van der Waals surface area contributed by atoms with Gasteiger partial charge in [-0.15, -0.1) is 0 Å². The second-order valence-corrected chi connectivity index (χ2v) is 13.6. The molecule has 2 fully saturated rings. The maximum absolute atomic E-state index is 14.0. The molecule has 5 rings (SSSR count). The molecule has 0 bridgehead atoms. The Hall–Kier alpha value is -2.73. The van der Waals surface area contributed by atoms with Crippen molar-refractivity contribution in [1.29, 1.82) is 0 Å². The lowest BCUT2D eigenvalue weighted by Crippen LogP contribution is -2.52. The zero-order valence-corrected chi connectivity index (χ0v) is 21.0. The molecule has 36 heavy (non-hydrogen) atoms. The second-order valence-electron chi connectivity index (χ2n) is 9.46. The first-order chi connectivity index (χ1) is 17.0. The Bertz CT molecular complexity index is 1390. The monoisotopic (exact) mass is 541 g/mol. The summed E-state index contributed by atoms with van der Waals surface area (Å²) < 4.78 is 88.5. The number of hydrogen-bond donors (Lipinski definition) is 0. The van der Waals surface area contributed by atoms with Crippen LogP contribution < -0.4 is 9.04 Å². The average Bonchev–Trinajstić information content (AvgIpc) is 3.63. The summed E-state index contributed by atoms with van der Waals surface area (Å²) >= 11 is 0. The molecule has 1 unspecified atom stereocenters. The largest absolute Gasteiger partial charge is 0.465 e. The molecule has 0 aromatic heterocycles. The number of anilines is 1. The number of fused-ring (bicyclic) bond motifs is 2. The van der Waals surface area contributed by atoms with Gasteiger partial charge in [-0.25, -0.2) is 21.6 Å². The number of rotatable bonds is 6. The van der Waals surface area contributed by atoms with Crippen LogP contribution in [-0.4, -0.2) is 54.1 Å². The van der Waals surface area contributed by atoms with Crippen molar-refractivity contribution in [3.63, 3.8) is 0 Å². The minimum absolute atomic E-state index is 0.0241. The van der Waals surface area contributed by atoms with Gasteiger partial charge in [0.15, 0.2) is 0 Å². The Morgan fingerprint density at radius 1 is 1.08 bits per heavy atom. The van der Waals surface area contributed by atoms with Crippen LogP contribution in [0.15, 0.2) is 47.4 Å². The minimum Gasteiger partial charge on any atom is -0.465 e. The Morgan fingerprint density at radius 3 is 2.28 bits per heavy atom. The standard InChI is InChI=1S/C24H25F2NO7S2/c1-33-22(28)16-4-9-20-19(14-16)24(10-12-35(29,30)13-11-24)21(15-2-3-15)27(20)36(31,32)18-7-5-17(6-8-18)34-23(25)26/h4-9,14-15,21,23H,2-3,10-13H2,1H3. The van der Waals surface area contributed by atoms with Gasteiger partial charge in [0.2, 0.25) is 0 Å². The Morgan fingerprint density at radius 2 is 1.72 bits per heavy atom. The summed E-state index contributed by atoms with van der Waals surface area (Å²) in [5.41, 5.74) is 0.494. The molecule has 0 N–H and O–H groups in total. The third-order valence-corrected chi connectivity index (χ3v) is 10.9. The van der Waals surface area contributed by atoms with Gasteiger partial charge in [-0.2, -0.15) is 8.78 Å².